The molecule has 5 heteroatoms. The van der Waals surface area contributed by atoms with E-state index >= 15 is 0 Å². The Morgan fingerprint density at radius 1 is 1.37 bits per heavy atom. The summed E-state index contributed by atoms with van der Waals surface area (Å²) in [6, 6.07) is 2.64. The lowest BCUT2D eigenvalue weighted by Crippen LogP contribution is -2.35. The number of rotatable bonds is 3. The largest absolute Gasteiger partial charge is 0.300 e. The van der Waals surface area contributed by atoms with Crippen LogP contribution in [-0.4, -0.2) is 23.8 Å². The van der Waals surface area contributed by atoms with Crippen molar-refractivity contribution in [2.45, 2.75) is 26.3 Å². The van der Waals surface area contributed by atoms with Gasteiger partial charge in [0.1, 0.15) is 17.4 Å². The monoisotopic (exact) mass is 331 g/mol. The van der Waals surface area contributed by atoms with Gasteiger partial charge in [0.25, 0.3) is 0 Å². The molecule has 0 aliphatic carbocycles. The number of nitrogens with zero attached hydrogens (tertiary/aromatic N) is 1. The van der Waals surface area contributed by atoms with Crippen LogP contribution in [0.15, 0.2) is 16.6 Å². The third-order valence-corrected chi connectivity index (χ3v) is 4.30. The maximum absolute atomic E-state index is 13.9. The normalized spacial score (nSPS) is 17.7. The minimum atomic E-state index is -0.534. The summed E-state index contributed by atoms with van der Waals surface area (Å²) in [6.45, 7) is 3.26. The van der Waals surface area contributed by atoms with Crippen molar-refractivity contribution in [1.29, 1.82) is 0 Å². The molecular formula is C14H16BrF2NO. The van der Waals surface area contributed by atoms with Gasteiger partial charge in [-0.2, -0.15) is 0 Å². The Labute approximate surface area is 119 Å². The molecule has 0 amide bonds. The van der Waals surface area contributed by atoms with Gasteiger partial charge < -0.3 is 0 Å². The predicted molar refractivity (Wildman–Crippen MR) is 72.7 cm³/mol. The molecule has 0 atom stereocenters. The van der Waals surface area contributed by atoms with Gasteiger partial charge in [-0.05, 0) is 60.9 Å². The summed E-state index contributed by atoms with van der Waals surface area (Å²) in [5, 5.41) is 0. The highest BCUT2D eigenvalue weighted by atomic mass is 79.9. The third kappa shape index (κ3) is 3.39. The van der Waals surface area contributed by atoms with E-state index in [-0.39, 0.29) is 28.3 Å². The van der Waals surface area contributed by atoms with Gasteiger partial charge in [0.15, 0.2) is 0 Å². The van der Waals surface area contributed by atoms with Crippen LogP contribution in [0.1, 0.15) is 25.3 Å². The van der Waals surface area contributed by atoms with E-state index in [1.54, 1.807) is 6.92 Å². The molecule has 104 valence electrons. The summed E-state index contributed by atoms with van der Waals surface area (Å²) in [7, 11) is 0. The number of piperidine rings is 1. The van der Waals surface area contributed by atoms with Crippen LogP contribution < -0.4 is 0 Å². The second-order valence-corrected chi connectivity index (χ2v) is 5.84. The first kappa shape index (κ1) is 14.6. The number of carbonyl (C=O) groups is 1. The number of halogens is 3. The van der Waals surface area contributed by atoms with Gasteiger partial charge in [0, 0.05) is 18.0 Å². The molecule has 0 saturated carbocycles. The highest BCUT2D eigenvalue weighted by Crippen LogP contribution is 2.25. The number of hydrogen-bond acceptors (Lipinski definition) is 2. The molecule has 19 heavy (non-hydrogen) atoms. The molecule has 1 aromatic rings. The van der Waals surface area contributed by atoms with Gasteiger partial charge >= 0.3 is 0 Å². The van der Waals surface area contributed by atoms with Crippen LogP contribution >= 0.6 is 15.9 Å². The van der Waals surface area contributed by atoms with Crippen LogP contribution in [0, 0.1) is 17.6 Å². The molecule has 1 fully saturated rings. The molecule has 0 radical (unpaired) electrons. The average Bonchev–Trinajstić information content (AvgIpc) is 2.40. The predicted octanol–water partition coefficient (Wildman–Crippen LogP) is 3.53. The fourth-order valence-electron chi connectivity index (χ4n) is 2.44. The average molecular weight is 332 g/mol. The quantitative estimate of drug-likeness (QED) is 0.790. The molecule has 0 spiro atoms. The first-order valence-corrected chi connectivity index (χ1v) is 7.13. The summed E-state index contributed by atoms with van der Waals surface area (Å²) in [6.07, 6.45) is 1.54. The SMILES string of the molecule is CC(=O)C1CCN(Cc2c(F)ccc(Br)c2F)CC1. The molecule has 1 aliphatic heterocycles. The van der Waals surface area contributed by atoms with E-state index in [0.717, 1.165) is 12.8 Å². The van der Waals surface area contributed by atoms with E-state index in [0.29, 0.717) is 13.1 Å². The van der Waals surface area contributed by atoms with Crippen molar-refractivity contribution in [2.75, 3.05) is 13.1 Å². The Kier molecular flexibility index (Phi) is 4.68. The Morgan fingerprint density at radius 3 is 2.58 bits per heavy atom. The summed E-state index contributed by atoms with van der Waals surface area (Å²) < 4.78 is 27.8. The van der Waals surface area contributed by atoms with Gasteiger partial charge in [0.2, 0.25) is 0 Å². The summed E-state index contributed by atoms with van der Waals surface area (Å²) in [5.74, 6) is -0.740. The Morgan fingerprint density at radius 2 is 2.00 bits per heavy atom. The lowest BCUT2D eigenvalue weighted by molar-refractivity contribution is -0.122. The van der Waals surface area contributed by atoms with Crippen LogP contribution in [0.2, 0.25) is 0 Å². The first-order chi connectivity index (χ1) is 8.99. The maximum atomic E-state index is 13.9. The lowest BCUT2D eigenvalue weighted by atomic mass is 9.93. The van der Waals surface area contributed by atoms with E-state index < -0.39 is 11.6 Å². The molecule has 1 aromatic carbocycles. The topological polar surface area (TPSA) is 20.3 Å². The molecule has 0 bridgehead atoms. The Hall–Kier alpha value is -0.810. The summed E-state index contributed by atoms with van der Waals surface area (Å²) >= 11 is 3.07. The van der Waals surface area contributed by atoms with Gasteiger partial charge in [-0.1, -0.05) is 0 Å². The number of hydrogen-bond donors (Lipinski definition) is 0. The molecule has 0 unspecified atom stereocenters. The van der Waals surface area contributed by atoms with E-state index in [2.05, 4.69) is 15.9 Å². The molecule has 1 aliphatic rings. The van der Waals surface area contributed by atoms with Crippen molar-refractivity contribution in [3.8, 4) is 0 Å². The van der Waals surface area contributed by atoms with Crippen molar-refractivity contribution in [1.82, 2.24) is 4.90 Å². The zero-order chi connectivity index (χ0) is 14.0. The lowest BCUT2D eigenvalue weighted by Gasteiger charge is -2.30. The van der Waals surface area contributed by atoms with Crippen LogP contribution in [-0.2, 0) is 11.3 Å². The minimum Gasteiger partial charge on any atom is -0.300 e. The molecule has 1 saturated heterocycles. The molecular weight excluding hydrogens is 316 g/mol. The van der Waals surface area contributed by atoms with Crippen LogP contribution in [0.3, 0.4) is 0 Å². The number of benzene rings is 1. The zero-order valence-corrected chi connectivity index (χ0v) is 12.3. The van der Waals surface area contributed by atoms with Crippen molar-refractivity contribution < 1.29 is 13.6 Å². The van der Waals surface area contributed by atoms with Gasteiger partial charge in [0.05, 0.1) is 4.47 Å². The standard InChI is InChI=1S/C14H16BrF2NO/c1-9(19)10-4-6-18(7-5-10)8-11-13(16)3-2-12(15)14(11)17/h2-3,10H,4-8H2,1H3. The van der Waals surface area contributed by atoms with E-state index in [9.17, 15) is 13.6 Å². The van der Waals surface area contributed by atoms with E-state index in [1.807, 2.05) is 4.90 Å². The van der Waals surface area contributed by atoms with Crippen LogP contribution in [0.25, 0.3) is 0 Å². The van der Waals surface area contributed by atoms with Crippen molar-refractivity contribution in [3.05, 3.63) is 33.8 Å². The molecule has 0 aromatic heterocycles. The molecule has 1 heterocycles. The van der Waals surface area contributed by atoms with E-state index in [1.165, 1.54) is 12.1 Å². The second kappa shape index (κ2) is 6.09. The summed E-state index contributed by atoms with van der Waals surface area (Å²) in [5.41, 5.74) is 0.0932. The van der Waals surface area contributed by atoms with E-state index in [4.69, 9.17) is 0 Å². The smallest absolute Gasteiger partial charge is 0.144 e. The van der Waals surface area contributed by atoms with Crippen molar-refractivity contribution >= 4 is 21.7 Å². The fourth-order valence-corrected chi connectivity index (χ4v) is 2.81. The van der Waals surface area contributed by atoms with Gasteiger partial charge in [-0.15, -0.1) is 0 Å². The van der Waals surface area contributed by atoms with Crippen LogP contribution in [0.5, 0.6) is 0 Å². The highest BCUT2D eigenvalue weighted by Gasteiger charge is 2.24. The second-order valence-electron chi connectivity index (χ2n) is 4.98. The fraction of sp³-hybridized carbons (Fsp3) is 0.500. The highest BCUT2D eigenvalue weighted by molar-refractivity contribution is 9.10. The minimum absolute atomic E-state index is 0.0932. The maximum Gasteiger partial charge on any atom is 0.144 e. The van der Waals surface area contributed by atoms with Gasteiger partial charge in [-0.3, -0.25) is 9.69 Å². The van der Waals surface area contributed by atoms with Crippen LogP contribution in [0.4, 0.5) is 8.78 Å². The third-order valence-electron chi connectivity index (χ3n) is 3.68. The Bertz CT molecular complexity index is 485. The number of ketones is 1. The zero-order valence-electron chi connectivity index (χ0n) is 10.8. The van der Waals surface area contributed by atoms with Gasteiger partial charge in [-0.25, -0.2) is 8.78 Å². The number of likely N-dealkylation sites (tertiary alicyclic amines) is 1. The summed E-state index contributed by atoms with van der Waals surface area (Å²) in [4.78, 5) is 13.3. The van der Waals surface area contributed by atoms with Crippen molar-refractivity contribution in [3.63, 3.8) is 0 Å². The van der Waals surface area contributed by atoms with Crippen molar-refractivity contribution in [2.24, 2.45) is 5.92 Å². The molecule has 2 nitrogen and oxygen atoms in total. The molecule has 2 rings (SSSR count). The molecule has 0 N–H and O–H groups in total. The first-order valence-electron chi connectivity index (χ1n) is 6.34. The number of Topliss-reactive ketones (excluding diaryl/α,β-unsaturated/α-hetero) is 1. The number of carbonyl (C=O) groups excluding carboxylic acids is 1. The Balaban J connectivity index is 2.04.